The predicted octanol–water partition coefficient (Wildman–Crippen LogP) is 3.68. The van der Waals surface area contributed by atoms with E-state index in [2.05, 4.69) is 47.1 Å². The van der Waals surface area contributed by atoms with Crippen molar-refractivity contribution in [3.05, 3.63) is 35.9 Å². The van der Waals surface area contributed by atoms with Crippen molar-refractivity contribution in [1.29, 1.82) is 0 Å². The molecule has 5 heteroatoms. The van der Waals surface area contributed by atoms with Gasteiger partial charge in [-0.25, -0.2) is 0 Å². The highest BCUT2D eigenvalue weighted by molar-refractivity contribution is 5.98. The van der Waals surface area contributed by atoms with Gasteiger partial charge in [0.15, 0.2) is 0 Å². The van der Waals surface area contributed by atoms with E-state index in [0.29, 0.717) is 25.4 Å². The molecule has 3 fully saturated rings. The maximum Gasteiger partial charge on any atom is 0.229 e. The van der Waals surface area contributed by atoms with Crippen LogP contribution >= 0.6 is 0 Å². The molecule has 0 N–H and O–H groups in total. The standard InChI is InChI=1S/C25H37N3O2/c1-21-19-26(20-22-9-3-2-4-10-22)15-16-27(21)13-7-8-14-28-23(29)17-25(18-24(28)30)11-5-6-12-25/h2-4,9-10,21H,5-8,11-20H2,1H3. The molecule has 0 aromatic heterocycles. The van der Waals surface area contributed by atoms with Gasteiger partial charge >= 0.3 is 0 Å². The molecule has 164 valence electrons. The Morgan fingerprint density at radius 1 is 0.933 bits per heavy atom. The Morgan fingerprint density at radius 3 is 2.27 bits per heavy atom. The van der Waals surface area contributed by atoms with Crippen LogP contribution in [0.4, 0.5) is 0 Å². The first kappa shape index (κ1) is 21.5. The maximum absolute atomic E-state index is 12.6. The Balaban J connectivity index is 1.16. The Morgan fingerprint density at radius 2 is 1.60 bits per heavy atom. The predicted molar refractivity (Wildman–Crippen MR) is 119 cm³/mol. The van der Waals surface area contributed by atoms with Crippen LogP contribution in [0.15, 0.2) is 30.3 Å². The normalized spacial score (nSPS) is 25.4. The van der Waals surface area contributed by atoms with E-state index in [0.717, 1.165) is 58.4 Å². The molecule has 0 bridgehead atoms. The molecule has 30 heavy (non-hydrogen) atoms. The van der Waals surface area contributed by atoms with Crippen LogP contribution < -0.4 is 0 Å². The molecule has 3 aliphatic rings. The van der Waals surface area contributed by atoms with Gasteiger partial charge in [-0.05, 0) is 50.1 Å². The van der Waals surface area contributed by atoms with Crippen LogP contribution in [0.3, 0.4) is 0 Å². The fourth-order valence-electron chi connectivity index (χ4n) is 5.73. The van der Waals surface area contributed by atoms with Crippen LogP contribution in [-0.4, -0.2) is 65.3 Å². The number of amides is 2. The highest BCUT2D eigenvalue weighted by Crippen LogP contribution is 2.46. The smallest absolute Gasteiger partial charge is 0.229 e. The molecule has 2 amide bonds. The van der Waals surface area contributed by atoms with E-state index in [4.69, 9.17) is 0 Å². The zero-order valence-electron chi connectivity index (χ0n) is 18.5. The van der Waals surface area contributed by atoms with Gasteiger partial charge in [0.1, 0.15) is 0 Å². The van der Waals surface area contributed by atoms with E-state index in [1.54, 1.807) is 4.90 Å². The topological polar surface area (TPSA) is 43.9 Å². The number of rotatable bonds is 7. The Kier molecular flexibility index (Phi) is 6.89. The summed E-state index contributed by atoms with van der Waals surface area (Å²) in [6.07, 6.45) is 7.64. The molecule has 1 aromatic carbocycles. The number of nitrogens with zero attached hydrogens (tertiary/aromatic N) is 3. The minimum Gasteiger partial charge on any atom is -0.298 e. The van der Waals surface area contributed by atoms with E-state index in [1.807, 2.05) is 0 Å². The number of unbranched alkanes of at least 4 members (excludes halogenated alkanes) is 1. The second kappa shape index (κ2) is 9.61. The van der Waals surface area contributed by atoms with Gasteiger partial charge in [-0.3, -0.25) is 24.3 Å². The van der Waals surface area contributed by atoms with Crippen molar-refractivity contribution in [2.24, 2.45) is 5.41 Å². The first-order valence-corrected chi connectivity index (χ1v) is 11.9. The van der Waals surface area contributed by atoms with Gasteiger partial charge in [0.05, 0.1) is 0 Å². The second-order valence-electron chi connectivity index (χ2n) is 9.81. The lowest BCUT2D eigenvalue weighted by Gasteiger charge is -2.40. The number of carbonyl (C=O) groups excluding carboxylic acids is 2. The number of piperazine rings is 1. The summed E-state index contributed by atoms with van der Waals surface area (Å²) in [5.74, 6) is 0.159. The van der Waals surface area contributed by atoms with E-state index >= 15 is 0 Å². The Hall–Kier alpha value is -1.72. The van der Waals surface area contributed by atoms with Crippen LogP contribution in [0.2, 0.25) is 0 Å². The molecule has 1 aromatic rings. The SMILES string of the molecule is CC1CN(Cc2ccccc2)CCN1CCCCN1C(=O)CC2(CCCC2)CC1=O. The van der Waals surface area contributed by atoms with Crippen molar-refractivity contribution >= 4 is 11.8 Å². The van der Waals surface area contributed by atoms with E-state index in [9.17, 15) is 9.59 Å². The van der Waals surface area contributed by atoms with Crippen LogP contribution in [0.5, 0.6) is 0 Å². The third kappa shape index (κ3) is 5.12. The van der Waals surface area contributed by atoms with Crippen LogP contribution in [0.1, 0.15) is 63.9 Å². The molecule has 1 unspecified atom stereocenters. The number of hydrogen-bond donors (Lipinski definition) is 0. The summed E-state index contributed by atoms with van der Waals surface area (Å²) in [5, 5.41) is 0. The highest BCUT2D eigenvalue weighted by atomic mass is 16.2. The van der Waals surface area contributed by atoms with Gasteiger partial charge in [0, 0.05) is 51.6 Å². The third-order valence-electron chi connectivity index (χ3n) is 7.49. The molecule has 4 rings (SSSR count). The molecular weight excluding hydrogens is 374 g/mol. The Bertz CT molecular complexity index is 709. The molecule has 2 aliphatic heterocycles. The van der Waals surface area contributed by atoms with Gasteiger partial charge in [-0.1, -0.05) is 43.2 Å². The lowest BCUT2D eigenvalue weighted by molar-refractivity contribution is -0.153. The molecule has 1 spiro atoms. The van der Waals surface area contributed by atoms with E-state index in [-0.39, 0.29) is 17.2 Å². The quantitative estimate of drug-likeness (QED) is 0.507. The van der Waals surface area contributed by atoms with Crippen molar-refractivity contribution in [2.75, 3.05) is 32.7 Å². The third-order valence-corrected chi connectivity index (χ3v) is 7.49. The lowest BCUT2D eigenvalue weighted by Crippen LogP contribution is -2.51. The minimum atomic E-state index is 0.0134. The van der Waals surface area contributed by atoms with Crippen molar-refractivity contribution in [3.8, 4) is 0 Å². The molecule has 2 saturated heterocycles. The zero-order valence-corrected chi connectivity index (χ0v) is 18.5. The number of benzene rings is 1. The molecule has 2 heterocycles. The molecule has 0 radical (unpaired) electrons. The minimum absolute atomic E-state index is 0.0134. The first-order valence-electron chi connectivity index (χ1n) is 11.9. The molecule has 1 aliphatic carbocycles. The summed E-state index contributed by atoms with van der Waals surface area (Å²) >= 11 is 0. The van der Waals surface area contributed by atoms with Crippen molar-refractivity contribution in [3.63, 3.8) is 0 Å². The molecule has 1 saturated carbocycles. The van der Waals surface area contributed by atoms with Crippen LogP contribution in [-0.2, 0) is 16.1 Å². The molecular formula is C25H37N3O2. The molecule has 5 nitrogen and oxygen atoms in total. The fraction of sp³-hybridized carbons (Fsp3) is 0.680. The average molecular weight is 412 g/mol. The number of hydrogen-bond acceptors (Lipinski definition) is 4. The fourth-order valence-corrected chi connectivity index (χ4v) is 5.73. The number of imide groups is 1. The van der Waals surface area contributed by atoms with Crippen LogP contribution in [0, 0.1) is 5.41 Å². The monoisotopic (exact) mass is 411 g/mol. The maximum atomic E-state index is 12.6. The van der Waals surface area contributed by atoms with Crippen LogP contribution in [0.25, 0.3) is 0 Å². The zero-order chi connectivity index (χ0) is 21.0. The number of carbonyl (C=O) groups is 2. The van der Waals surface area contributed by atoms with Gasteiger partial charge in [-0.2, -0.15) is 0 Å². The van der Waals surface area contributed by atoms with E-state index in [1.165, 1.54) is 18.4 Å². The Labute approximate surface area is 181 Å². The molecule has 1 atom stereocenters. The largest absolute Gasteiger partial charge is 0.298 e. The average Bonchev–Trinajstić information content (AvgIpc) is 3.16. The van der Waals surface area contributed by atoms with E-state index < -0.39 is 0 Å². The van der Waals surface area contributed by atoms with Crippen molar-refractivity contribution < 1.29 is 9.59 Å². The second-order valence-corrected chi connectivity index (χ2v) is 9.81. The van der Waals surface area contributed by atoms with Gasteiger partial charge in [-0.15, -0.1) is 0 Å². The summed E-state index contributed by atoms with van der Waals surface area (Å²) in [5.41, 5.74) is 1.40. The summed E-state index contributed by atoms with van der Waals surface area (Å²) in [7, 11) is 0. The summed E-state index contributed by atoms with van der Waals surface area (Å²) < 4.78 is 0. The van der Waals surface area contributed by atoms with Crippen molar-refractivity contribution in [1.82, 2.24) is 14.7 Å². The van der Waals surface area contributed by atoms with Gasteiger partial charge in [0.2, 0.25) is 11.8 Å². The summed E-state index contributed by atoms with van der Waals surface area (Å²) in [6, 6.07) is 11.2. The first-order chi connectivity index (χ1) is 14.5. The van der Waals surface area contributed by atoms with Gasteiger partial charge in [0.25, 0.3) is 0 Å². The lowest BCUT2D eigenvalue weighted by atomic mass is 9.76. The summed E-state index contributed by atoms with van der Waals surface area (Å²) in [4.78, 5) is 31.8. The number of piperidine rings is 1. The summed E-state index contributed by atoms with van der Waals surface area (Å²) in [6.45, 7) is 8.30. The van der Waals surface area contributed by atoms with Gasteiger partial charge < -0.3 is 0 Å². The highest BCUT2D eigenvalue weighted by Gasteiger charge is 2.44. The van der Waals surface area contributed by atoms with Crippen molar-refractivity contribution in [2.45, 2.75) is 70.9 Å². The number of likely N-dealkylation sites (tertiary alicyclic amines) is 1.